The van der Waals surface area contributed by atoms with Crippen molar-refractivity contribution in [1.82, 2.24) is 19.7 Å². The molecule has 0 N–H and O–H groups in total. The first-order valence-corrected chi connectivity index (χ1v) is 8.92. The molecule has 1 fully saturated rings. The SMILES string of the molecule is CC(C)CS(=O)(=O)C1CCN(C(=O)Cn2cncn2)CC1. The highest BCUT2D eigenvalue weighted by Gasteiger charge is 2.31. The smallest absolute Gasteiger partial charge is 0.244 e. The predicted molar refractivity (Wildman–Crippen MR) is 78.2 cm³/mol. The van der Waals surface area contributed by atoms with Crippen LogP contribution in [0.1, 0.15) is 26.7 Å². The molecule has 2 heterocycles. The van der Waals surface area contributed by atoms with Crippen LogP contribution in [-0.4, -0.2) is 58.1 Å². The van der Waals surface area contributed by atoms with Crippen molar-refractivity contribution < 1.29 is 13.2 Å². The van der Waals surface area contributed by atoms with E-state index in [1.165, 1.54) is 17.3 Å². The molecular weight excluding hydrogens is 292 g/mol. The number of amides is 1. The molecule has 1 aliphatic heterocycles. The van der Waals surface area contributed by atoms with Crippen molar-refractivity contribution >= 4 is 15.7 Å². The number of carbonyl (C=O) groups excluding carboxylic acids is 1. The molecule has 1 aromatic heterocycles. The summed E-state index contributed by atoms with van der Waals surface area (Å²) in [7, 11) is -3.05. The highest BCUT2D eigenvalue weighted by Crippen LogP contribution is 2.20. The number of hydrogen-bond donors (Lipinski definition) is 0. The Labute approximate surface area is 125 Å². The van der Waals surface area contributed by atoms with E-state index >= 15 is 0 Å². The monoisotopic (exact) mass is 314 g/mol. The molecule has 1 saturated heterocycles. The third-order valence-electron chi connectivity index (χ3n) is 3.63. The summed E-state index contributed by atoms with van der Waals surface area (Å²) in [4.78, 5) is 17.6. The Balaban J connectivity index is 1.87. The van der Waals surface area contributed by atoms with Gasteiger partial charge >= 0.3 is 0 Å². The van der Waals surface area contributed by atoms with Crippen molar-refractivity contribution in [3.63, 3.8) is 0 Å². The first kappa shape index (κ1) is 15.9. The molecule has 21 heavy (non-hydrogen) atoms. The minimum Gasteiger partial charge on any atom is -0.341 e. The molecule has 0 spiro atoms. The molecule has 0 aromatic carbocycles. The third-order valence-corrected chi connectivity index (χ3v) is 6.25. The van der Waals surface area contributed by atoms with Gasteiger partial charge < -0.3 is 4.90 Å². The summed E-state index contributed by atoms with van der Waals surface area (Å²) < 4.78 is 25.9. The molecular formula is C13H22N4O3S. The van der Waals surface area contributed by atoms with Crippen LogP contribution < -0.4 is 0 Å². The van der Waals surface area contributed by atoms with E-state index in [0.717, 1.165) is 0 Å². The highest BCUT2D eigenvalue weighted by molar-refractivity contribution is 7.92. The minimum absolute atomic E-state index is 0.0415. The molecule has 0 unspecified atom stereocenters. The zero-order valence-corrected chi connectivity index (χ0v) is 13.3. The fourth-order valence-corrected chi connectivity index (χ4v) is 4.75. The van der Waals surface area contributed by atoms with Crippen LogP contribution >= 0.6 is 0 Å². The summed E-state index contributed by atoms with van der Waals surface area (Å²) in [5.41, 5.74) is 0. The number of hydrogen-bond acceptors (Lipinski definition) is 5. The summed E-state index contributed by atoms with van der Waals surface area (Å²) in [5.74, 6) is 0.326. The molecule has 1 aromatic rings. The number of sulfone groups is 1. The van der Waals surface area contributed by atoms with E-state index in [2.05, 4.69) is 10.1 Å². The summed E-state index contributed by atoms with van der Waals surface area (Å²) >= 11 is 0. The zero-order valence-electron chi connectivity index (χ0n) is 12.5. The van der Waals surface area contributed by atoms with Gasteiger partial charge in [0.15, 0.2) is 9.84 Å². The van der Waals surface area contributed by atoms with Gasteiger partial charge in [0.1, 0.15) is 19.2 Å². The van der Waals surface area contributed by atoms with Crippen molar-refractivity contribution in [2.75, 3.05) is 18.8 Å². The average molecular weight is 314 g/mol. The van der Waals surface area contributed by atoms with Gasteiger partial charge in [0.25, 0.3) is 0 Å². The topological polar surface area (TPSA) is 85.2 Å². The predicted octanol–water partition coefficient (Wildman–Crippen LogP) is 0.340. The second-order valence-electron chi connectivity index (χ2n) is 5.90. The van der Waals surface area contributed by atoms with Crippen LogP contribution in [0.5, 0.6) is 0 Å². The summed E-state index contributed by atoms with van der Waals surface area (Å²) in [6.45, 7) is 4.97. The van der Waals surface area contributed by atoms with Crippen LogP contribution in [0.3, 0.4) is 0 Å². The van der Waals surface area contributed by atoms with Crippen molar-refractivity contribution in [2.24, 2.45) is 5.92 Å². The molecule has 0 saturated carbocycles. The van der Waals surface area contributed by atoms with E-state index in [4.69, 9.17) is 0 Å². The number of aromatic nitrogens is 3. The number of nitrogens with zero attached hydrogens (tertiary/aromatic N) is 4. The second-order valence-corrected chi connectivity index (χ2v) is 8.22. The standard InChI is InChI=1S/C13H22N4O3S/c1-11(2)8-21(19,20)12-3-5-16(6-4-12)13(18)7-17-10-14-9-15-17/h9-12H,3-8H2,1-2H3. The van der Waals surface area contributed by atoms with E-state index < -0.39 is 9.84 Å². The maximum atomic E-state index is 12.2. The summed E-state index contributed by atoms with van der Waals surface area (Å²) in [6.07, 6.45) is 3.94. The molecule has 1 aliphatic rings. The van der Waals surface area contributed by atoms with Gasteiger partial charge in [0, 0.05) is 13.1 Å². The first-order chi connectivity index (χ1) is 9.88. The van der Waals surface area contributed by atoms with Gasteiger partial charge in [-0.15, -0.1) is 0 Å². The lowest BCUT2D eigenvalue weighted by molar-refractivity contribution is -0.132. The Morgan fingerprint density at radius 1 is 1.33 bits per heavy atom. The van der Waals surface area contributed by atoms with Crippen LogP contribution in [0.2, 0.25) is 0 Å². The van der Waals surface area contributed by atoms with Crippen molar-refractivity contribution in [2.45, 2.75) is 38.5 Å². The Morgan fingerprint density at radius 3 is 2.52 bits per heavy atom. The Morgan fingerprint density at radius 2 is 2.00 bits per heavy atom. The maximum absolute atomic E-state index is 12.2. The average Bonchev–Trinajstić information content (AvgIpc) is 2.90. The number of rotatable bonds is 5. The normalized spacial score (nSPS) is 17.4. The zero-order chi connectivity index (χ0) is 15.5. The van der Waals surface area contributed by atoms with Gasteiger partial charge in [-0.1, -0.05) is 13.8 Å². The van der Waals surface area contributed by atoms with E-state index in [9.17, 15) is 13.2 Å². The first-order valence-electron chi connectivity index (χ1n) is 7.20. The van der Waals surface area contributed by atoms with Crippen LogP contribution in [-0.2, 0) is 21.2 Å². The Bertz CT molecular complexity index is 560. The van der Waals surface area contributed by atoms with Crippen LogP contribution in [0.4, 0.5) is 0 Å². The molecule has 0 atom stereocenters. The molecule has 7 nitrogen and oxygen atoms in total. The lowest BCUT2D eigenvalue weighted by Crippen LogP contribution is -2.44. The van der Waals surface area contributed by atoms with E-state index in [0.29, 0.717) is 25.9 Å². The van der Waals surface area contributed by atoms with Gasteiger partial charge in [0.05, 0.1) is 11.0 Å². The number of likely N-dealkylation sites (tertiary alicyclic amines) is 1. The molecule has 118 valence electrons. The van der Waals surface area contributed by atoms with Crippen LogP contribution in [0.15, 0.2) is 12.7 Å². The minimum atomic E-state index is -3.05. The summed E-state index contributed by atoms with van der Waals surface area (Å²) in [6, 6.07) is 0. The Kier molecular flexibility index (Phi) is 4.97. The largest absolute Gasteiger partial charge is 0.341 e. The molecule has 1 amide bonds. The van der Waals surface area contributed by atoms with Crippen LogP contribution in [0, 0.1) is 5.92 Å². The van der Waals surface area contributed by atoms with Crippen molar-refractivity contribution in [1.29, 1.82) is 0 Å². The maximum Gasteiger partial charge on any atom is 0.244 e. The van der Waals surface area contributed by atoms with Gasteiger partial charge in [-0.25, -0.2) is 18.1 Å². The fourth-order valence-electron chi connectivity index (χ4n) is 2.62. The quantitative estimate of drug-likeness (QED) is 0.782. The van der Waals surface area contributed by atoms with Gasteiger partial charge in [-0.2, -0.15) is 5.10 Å². The third kappa shape index (κ3) is 4.26. The van der Waals surface area contributed by atoms with E-state index in [-0.39, 0.29) is 29.4 Å². The lowest BCUT2D eigenvalue weighted by Gasteiger charge is -2.32. The fraction of sp³-hybridized carbons (Fsp3) is 0.769. The van der Waals surface area contributed by atoms with Crippen LogP contribution in [0.25, 0.3) is 0 Å². The molecule has 2 rings (SSSR count). The van der Waals surface area contributed by atoms with E-state index in [1.54, 1.807) is 4.90 Å². The van der Waals surface area contributed by atoms with Gasteiger partial charge in [0.2, 0.25) is 5.91 Å². The van der Waals surface area contributed by atoms with Gasteiger partial charge in [-0.05, 0) is 18.8 Å². The van der Waals surface area contributed by atoms with Crippen molar-refractivity contribution in [3.8, 4) is 0 Å². The number of carbonyl (C=O) groups is 1. The van der Waals surface area contributed by atoms with Crippen molar-refractivity contribution in [3.05, 3.63) is 12.7 Å². The number of piperidine rings is 1. The molecule has 0 aliphatic carbocycles. The van der Waals surface area contributed by atoms with E-state index in [1.807, 2.05) is 13.8 Å². The lowest BCUT2D eigenvalue weighted by atomic mass is 10.1. The summed E-state index contributed by atoms with van der Waals surface area (Å²) in [5, 5.41) is 3.59. The molecule has 0 radical (unpaired) electrons. The second kappa shape index (κ2) is 6.55. The highest BCUT2D eigenvalue weighted by atomic mass is 32.2. The van der Waals surface area contributed by atoms with Gasteiger partial charge in [-0.3, -0.25) is 4.79 Å². The molecule has 8 heteroatoms. The Hall–Kier alpha value is -1.44. The molecule has 0 bridgehead atoms.